The molecule has 4 N–H and O–H groups in total. The van der Waals surface area contributed by atoms with E-state index in [1.54, 1.807) is 0 Å². The number of rotatable bonds is 5. The van der Waals surface area contributed by atoms with Gasteiger partial charge in [0.2, 0.25) is 0 Å². The first-order chi connectivity index (χ1) is 17.8. The van der Waals surface area contributed by atoms with Gasteiger partial charge in [0, 0.05) is 38.0 Å². The van der Waals surface area contributed by atoms with Gasteiger partial charge in [-0.1, -0.05) is 13.8 Å². The van der Waals surface area contributed by atoms with Crippen LogP contribution in [-0.2, 0) is 23.6 Å². The highest BCUT2D eigenvalue weighted by atomic mass is 31.2. The molecule has 5 fully saturated rings. The minimum Gasteiger partial charge on any atom is -0.390 e. The quantitative estimate of drug-likeness (QED) is 0.369. The molecule has 218 valence electrons. The number of nitrogens with zero attached hydrogens (tertiary/aromatic N) is 1. The van der Waals surface area contributed by atoms with Gasteiger partial charge < -0.3 is 29.3 Å². The van der Waals surface area contributed by atoms with Crippen molar-refractivity contribution in [3.63, 3.8) is 0 Å². The zero-order chi connectivity index (χ0) is 27.9. The van der Waals surface area contributed by atoms with Gasteiger partial charge >= 0.3 is 7.82 Å². The number of aliphatic hydroxyl groups excluding tert-OH is 1. The fourth-order valence-electron chi connectivity index (χ4n) is 9.08. The number of morpholine rings is 1. The Morgan fingerprint density at radius 1 is 1.11 bits per heavy atom. The van der Waals surface area contributed by atoms with E-state index in [4.69, 9.17) is 28.7 Å². The van der Waals surface area contributed by atoms with E-state index in [1.807, 2.05) is 6.92 Å². The molecule has 0 aromatic carbocycles. The molecule has 9 atom stereocenters. The summed E-state index contributed by atoms with van der Waals surface area (Å²) in [4.78, 5) is 51.1. The first-order valence-corrected chi connectivity index (χ1v) is 15.8. The number of fused-ring (bicyclic) bond motifs is 5. The van der Waals surface area contributed by atoms with Crippen molar-refractivity contribution in [2.75, 3.05) is 39.5 Å². The van der Waals surface area contributed by atoms with Gasteiger partial charge in [0.25, 0.3) is 0 Å². The largest absolute Gasteiger partial charge is 0.466 e. The Balaban J connectivity index is 0.000000617. The summed E-state index contributed by atoms with van der Waals surface area (Å²) >= 11 is 0. The van der Waals surface area contributed by atoms with Gasteiger partial charge in [0.05, 0.1) is 32.0 Å². The molecule has 0 amide bonds. The number of aliphatic hydroxyl groups is 1. The smallest absolute Gasteiger partial charge is 0.390 e. The lowest BCUT2D eigenvalue weighted by Crippen LogP contribution is -2.60. The Kier molecular flexibility index (Phi) is 9.27. The molecule has 0 aromatic rings. The van der Waals surface area contributed by atoms with Crippen LogP contribution in [0, 0.1) is 40.4 Å². The number of carbonyl (C=O) groups excluding carboxylic acids is 2. The van der Waals surface area contributed by atoms with Crippen molar-refractivity contribution in [3.8, 4) is 0 Å². The molecule has 0 radical (unpaired) electrons. The van der Waals surface area contributed by atoms with E-state index in [9.17, 15) is 14.7 Å². The predicted octanol–water partition coefficient (Wildman–Crippen LogP) is 2.17. The first kappa shape index (κ1) is 30.3. The summed E-state index contributed by atoms with van der Waals surface area (Å²) in [6.45, 7) is 10.7. The van der Waals surface area contributed by atoms with Gasteiger partial charge in [-0.15, -0.1) is 0 Å². The SMILES string of the molecule is CCO[C@H]1C[C@@]2(C)[C@@H](CC[C@H]3[C@@H]4CC[C@H](C(=O)CN5CCOCC5)[C@@]4(C)CC(=O)[C@@H]32)C[C@@H]1O.O=P(O)(O)O. The molecule has 10 nitrogen and oxygen atoms in total. The molecule has 4 saturated carbocycles. The average Bonchev–Trinajstić information content (AvgIpc) is 3.16. The van der Waals surface area contributed by atoms with E-state index >= 15 is 0 Å². The minimum atomic E-state index is -4.64. The van der Waals surface area contributed by atoms with Crippen molar-refractivity contribution in [1.82, 2.24) is 4.90 Å². The minimum absolute atomic E-state index is 0.00475. The highest BCUT2D eigenvalue weighted by Gasteiger charge is 2.64. The second-order valence-electron chi connectivity index (χ2n) is 12.7. The monoisotopic (exact) mass is 559 g/mol. The number of hydrogen-bond donors (Lipinski definition) is 4. The summed E-state index contributed by atoms with van der Waals surface area (Å²) in [5.74, 6) is 1.99. The molecule has 0 spiro atoms. The van der Waals surface area contributed by atoms with E-state index < -0.39 is 13.9 Å². The van der Waals surface area contributed by atoms with Crippen LogP contribution in [0.5, 0.6) is 0 Å². The van der Waals surface area contributed by atoms with E-state index in [1.165, 1.54) is 0 Å². The Bertz CT molecular complexity index is 912. The van der Waals surface area contributed by atoms with E-state index in [0.29, 0.717) is 62.1 Å². The zero-order valence-electron chi connectivity index (χ0n) is 23.0. The number of ether oxygens (including phenoxy) is 2. The van der Waals surface area contributed by atoms with Crippen LogP contribution in [0.2, 0.25) is 0 Å². The van der Waals surface area contributed by atoms with Gasteiger partial charge in [0.15, 0.2) is 0 Å². The Hall–Kier alpha value is -0.710. The third kappa shape index (κ3) is 6.13. The van der Waals surface area contributed by atoms with E-state index in [-0.39, 0.29) is 28.8 Å². The summed E-state index contributed by atoms with van der Waals surface area (Å²) in [5.41, 5.74) is -0.297. The predicted molar refractivity (Wildman–Crippen MR) is 139 cm³/mol. The van der Waals surface area contributed by atoms with Crippen molar-refractivity contribution in [2.24, 2.45) is 40.4 Å². The first-order valence-electron chi connectivity index (χ1n) is 14.2. The zero-order valence-corrected chi connectivity index (χ0v) is 23.9. The maximum absolute atomic E-state index is 13.9. The van der Waals surface area contributed by atoms with Crippen LogP contribution in [-0.4, -0.2) is 87.9 Å². The Morgan fingerprint density at radius 3 is 2.39 bits per heavy atom. The fourth-order valence-corrected chi connectivity index (χ4v) is 9.08. The lowest BCUT2D eigenvalue weighted by molar-refractivity contribution is -0.179. The highest BCUT2D eigenvalue weighted by molar-refractivity contribution is 7.45. The van der Waals surface area contributed by atoms with Crippen molar-refractivity contribution in [2.45, 2.75) is 77.9 Å². The molecule has 0 bridgehead atoms. The number of hydrogen-bond acceptors (Lipinski definition) is 7. The lowest BCUT2D eigenvalue weighted by atomic mass is 9.44. The van der Waals surface area contributed by atoms with Crippen LogP contribution in [0.25, 0.3) is 0 Å². The molecule has 1 saturated heterocycles. The van der Waals surface area contributed by atoms with Gasteiger partial charge in [-0.25, -0.2) is 4.57 Å². The topological polar surface area (TPSA) is 154 Å². The second kappa shape index (κ2) is 11.6. The van der Waals surface area contributed by atoms with Crippen LogP contribution >= 0.6 is 7.82 Å². The van der Waals surface area contributed by atoms with Gasteiger partial charge in [-0.3, -0.25) is 14.5 Å². The third-order valence-electron chi connectivity index (χ3n) is 10.6. The normalized spacial score (nSPS) is 43.3. The summed E-state index contributed by atoms with van der Waals surface area (Å²) < 4.78 is 20.3. The molecule has 5 rings (SSSR count). The Morgan fingerprint density at radius 2 is 1.76 bits per heavy atom. The van der Waals surface area contributed by atoms with Crippen LogP contribution in [0.1, 0.15) is 65.7 Å². The molecule has 1 aliphatic heterocycles. The second-order valence-corrected chi connectivity index (χ2v) is 13.7. The molecule has 5 aliphatic rings. The molecular weight excluding hydrogens is 513 g/mol. The summed E-state index contributed by atoms with van der Waals surface area (Å²) in [6.07, 6.45) is 5.64. The van der Waals surface area contributed by atoms with Crippen molar-refractivity contribution < 1.29 is 43.4 Å². The van der Waals surface area contributed by atoms with Crippen LogP contribution < -0.4 is 0 Å². The van der Waals surface area contributed by atoms with E-state index in [0.717, 1.165) is 51.6 Å². The molecule has 38 heavy (non-hydrogen) atoms. The molecule has 11 heteroatoms. The summed E-state index contributed by atoms with van der Waals surface area (Å²) in [6, 6.07) is 0. The maximum Gasteiger partial charge on any atom is 0.466 e. The van der Waals surface area contributed by atoms with Crippen LogP contribution in [0.3, 0.4) is 0 Å². The van der Waals surface area contributed by atoms with Crippen LogP contribution in [0.15, 0.2) is 0 Å². The summed E-state index contributed by atoms with van der Waals surface area (Å²) in [7, 11) is -4.64. The van der Waals surface area contributed by atoms with Gasteiger partial charge in [-0.2, -0.15) is 0 Å². The molecule has 0 aromatic heterocycles. The number of phosphoric acid groups is 1. The van der Waals surface area contributed by atoms with Crippen molar-refractivity contribution in [3.05, 3.63) is 0 Å². The van der Waals surface area contributed by atoms with Gasteiger partial charge in [0.1, 0.15) is 11.6 Å². The number of carbonyl (C=O) groups is 2. The van der Waals surface area contributed by atoms with Crippen molar-refractivity contribution >= 4 is 19.4 Å². The van der Waals surface area contributed by atoms with Crippen LogP contribution in [0.4, 0.5) is 0 Å². The van der Waals surface area contributed by atoms with E-state index in [2.05, 4.69) is 18.7 Å². The number of Topliss-reactive ketones (excluding diaryl/α,β-unsaturated/α-hetero) is 2. The third-order valence-corrected chi connectivity index (χ3v) is 10.6. The fraction of sp³-hybridized carbons (Fsp3) is 0.926. The van der Waals surface area contributed by atoms with Gasteiger partial charge in [-0.05, 0) is 74.0 Å². The average molecular weight is 560 g/mol. The maximum atomic E-state index is 13.9. The molecule has 0 unspecified atom stereocenters. The highest BCUT2D eigenvalue weighted by Crippen LogP contribution is 2.66. The molecule has 1 heterocycles. The lowest BCUT2D eigenvalue weighted by Gasteiger charge is -2.60. The standard InChI is InChI=1S/C27H43NO5.H3O4P/c1-4-33-24-15-26(2)17(13-21(24)29)5-6-18-19-7-8-20(27(19,3)14-22(30)25(18)26)23(31)16-28-9-11-32-12-10-28;1-5(2,3)4/h17-21,24-25,29H,4-16H2,1-3H3;(H3,1,2,3,4)/t17-,18-,19-,20+,21-,24-,25+,26-,27-;/m0./s1. The number of ketones is 2. The molecular formula is C27H46NO9P. The van der Waals surface area contributed by atoms with Crippen molar-refractivity contribution in [1.29, 1.82) is 0 Å². The summed E-state index contributed by atoms with van der Waals surface area (Å²) in [5, 5.41) is 10.7. The molecule has 4 aliphatic carbocycles. The Labute approximate surface area is 225 Å².